The van der Waals surface area contributed by atoms with Crippen LogP contribution in [0.1, 0.15) is 13.8 Å². The third kappa shape index (κ3) is 3.36. The van der Waals surface area contributed by atoms with Crippen molar-refractivity contribution >= 4 is 34.0 Å². The van der Waals surface area contributed by atoms with Crippen LogP contribution in [0, 0.1) is 5.92 Å². The molecule has 112 valence electrons. The van der Waals surface area contributed by atoms with Crippen molar-refractivity contribution in [3.8, 4) is 0 Å². The molecule has 2 rings (SSSR count). The van der Waals surface area contributed by atoms with Crippen LogP contribution in [-0.2, 0) is 0 Å². The van der Waals surface area contributed by atoms with E-state index in [2.05, 4.69) is 22.0 Å². The van der Waals surface area contributed by atoms with Crippen molar-refractivity contribution in [3.63, 3.8) is 0 Å². The summed E-state index contributed by atoms with van der Waals surface area (Å²) in [6.07, 6.45) is 1.77. The lowest BCUT2D eigenvalue weighted by Crippen LogP contribution is -2.35. The summed E-state index contributed by atoms with van der Waals surface area (Å²) in [6.45, 7) is 5.47. The highest BCUT2D eigenvalue weighted by molar-refractivity contribution is 6.31. The molecule has 1 unspecified atom stereocenters. The predicted octanol–water partition coefficient (Wildman–Crippen LogP) is 3.10. The Morgan fingerprint density at radius 3 is 2.90 bits per heavy atom. The molecule has 5 nitrogen and oxygen atoms in total. The molecular formula is C15H19ClN4O. The molecule has 21 heavy (non-hydrogen) atoms. The Morgan fingerprint density at radius 2 is 2.24 bits per heavy atom. The summed E-state index contributed by atoms with van der Waals surface area (Å²) in [6, 6.07) is 7.65. The largest absolute Gasteiger partial charge is 0.409 e. The van der Waals surface area contributed by atoms with Crippen LogP contribution in [0.4, 0.5) is 5.69 Å². The number of benzene rings is 1. The first-order chi connectivity index (χ1) is 10.1. The number of fused-ring (bicyclic) bond motifs is 1. The number of amidine groups is 1. The highest BCUT2D eigenvalue weighted by atomic mass is 35.5. The second-order valence-electron chi connectivity index (χ2n) is 4.96. The predicted molar refractivity (Wildman–Crippen MR) is 87.2 cm³/mol. The number of nitrogens with two attached hydrogens (primary N) is 1. The van der Waals surface area contributed by atoms with Gasteiger partial charge in [-0.15, -0.1) is 0 Å². The maximum atomic E-state index is 8.78. The third-order valence-electron chi connectivity index (χ3n) is 3.52. The number of nitrogens with zero attached hydrogens (tertiary/aromatic N) is 3. The van der Waals surface area contributed by atoms with Crippen LogP contribution in [0.25, 0.3) is 10.9 Å². The van der Waals surface area contributed by atoms with Gasteiger partial charge in [-0.05, 0) is 31.2 Å². The van der Waals surface area contributed by atoms with Gasteiger partial charge in [-0.3, -0.25) is 4.98 Å². The molecule has 1 aromatic heterocycles. The fourth-order valence-corrected chi connectivity index (χ4v) is 2.47. The maximum Gasteiger partial charge on any atom is 0.143 e. The van der Waals surface area contributed by atoms with Gasteiger partial charge in [0.1, 0.15) is 5.84 Å². The summed E-state index contributed by atoms with van der Waals surface area (Å²) in [4.78, 5) is 6.53. The molecule has 0 radical (unpaired) electrons. The quantitative estimate of drug-likeness (QED) is 0.385. The highest BCUT2D eigenvalue weighted by Crippen LogP contribution is 2.27. The van der Waals surface area contributed by atoms with Gasteiger partial charge in [-0.1, -0.05) is 23.7 Å². The molecule has 1 atom stereocenters. The zero-order valence-electron chi connectivity index (χ0n) is 12.1. The lowest BCUT2D eigenvalue weighted by atomic mass is 10.1. The number of aromatic nitrogens is 1. The van der Waals surface area contributed by atoms with Gasteiger partial charge in [0.15, 0.2) is 0 Å². The van der Waals surface area contributed by atoms with E-state index in [4.69, 9.17) is 22.5 Å². The number of oxime groups is 1. The van der Waals surface area contributed by atoms with E-state index in [1.807, 2.05) is 31.2 Å². The van der Waals surface area contributed by atoms with Crippen molar-refractivity contribution < 1.29 is 5.21 Å². The molecule has 0 spiro atoms. The van der Waals surface area contributed by atoms with Gasteiger partial charge in [0.25, 0.3) is 0 Å². The van der Waals surface area contributed by atoms with Crippen LogP contribution in [0.2, 0.25) is 5.02 Å². The number of hydrogen-bond donors (Lipinski definition) is 2. The van der Waals surface area contributed by atoms with E-state index in [0.29, 0.717) is 11.6 Å². The molecule has 0 fully saturated rings. The Hall–Kier alpha value is -2.01. The lowest BCUT2D eigenvalue weighted by molar-refractivity contribution is 0.314. The van der Waals surface area contributed by atoms with Crippen molar-refractivity contribution in [3.05, 3.63) is 35.5 Å². The topological polar surface area (TPSA) is 74.7 Å². The molecule has 0 saturated carbocycles. The summed E-state index contributed by atoms with van der Waals surface area (Å²) < 4.78 is 0. The molecule has 0 aliphatic rings. The number of halogens is 1. The molecule has 3 N–H and O–H groups in total. The van der Waals surface area contributed by atoms with E-state index in [-0.39, 0.29) is 11.8 Å². The Balaban J connectivity index is 2.38. The first kappa shape index (κ1) is 15.4. The van der Waals surface area contributed by atoms with Crippen LogP contribution < -0.4 is 10.6 Å². The molecule has 1 heterocycles. The van der Waals surface area contributed by atoms with Crippen molar-refractivity contribution in [1.82, 2.24) is 4.98 Å². The average Bonchev–Trinajstić information content (AvgIpc) is 2.50. The fourth-order valence-electron chi connectivity index (χ4n) is 2.30. The minimum absolute atomic E-state index is 0.0505. The average molecular weight is 307 g/mol. The Bertz CT molecular complexity index is 659. The summed E-state index contributed by atoms with van der Waals surface area (Å²) >= 11 is 6.02. The normalized spacial score (nSPS) is 13.4. The van der Waals surface area contributed by atoms with E-state index in [1.165, 1.54) is 0 Å². The molecule has 2 aromatic rings. The van der Waals surface area contributed by atoms with Crippen LogP contribution in [0.15, 0.2) is 35.6 Å². The van der Waals surface area contributed by atoms with E-state index >= 15 is 0 Å². The van der Waals surface area contributed by atoms with E-state index in [1.54, 1.807) is 6.20 Å². The van der Waals surface area contributed by atoms with E-state index in [9.17, 15) is 0 Å². The monoisotopic (exact) mass is 306 g/mol. The van der Waals surface area contributed by atoms with Crippen molar-refractivity contribution in [1.29, 1.82) is 0 Å². The second-order valence-corrected chi connectivity index (χ2v) is 5.39. The first-order valence-corrected chi connectivity index (χ1v) is 7.21. The maximum absolute atomic E-state index is 8.78. The molecule has 0 aliphatic carbocycles. The van der Waals surface area contributed by atoms with Crippen molar-refractivity contribution in [2.45, 2.75) is 13.8 Å². The highest BCUT2D eigenvalue weighted by Gasteiger charge is 2.15. The van der Waals surface area contributed by atoms with Gasteiger partial charge in [0.2, 0.25) is 0 Å². The van der Waals surface area contributed by atoms with Gasteiger partial charge < -0.3 is 15.8 Å². The minimum atomic E-state index is -0.0505. The molecule has 0 bridgehead atoms. The van der Waals surface area contributed by atoms with Gasteiger partial charge in [-0.25, -0.2) is 0 Å². The first-order valence-electron chi connectivity index (χ1n) is 6.83. The Labute approximate surface area is 129 Å². The third-order valence-corrected chi connectivity index (χ3v) is 3.75. The van der Waals surface area contributed by atoms with Gasteiger partial charge in [0.05, 0.1) is 5.52 Å². The van der Waals surface area contributed by atoms with E-state index in [0.717, 1.165) is 23.1 Å². The van der Waals surface area contributed by atoms with Gasteiger partial charge in [0, 0.05) is 41.3 Å². The van der Waals surface area contributed by atoms with E-state index < -0.39 is 0 Å². The zero-order valence-corrected chi connectivity index (χ0v) is 12.9. The van der Waals surface area contributed by atoms with Crippen molar-refractivity contribution in [2.75, 3.05) is 18.0 Å². The van der Waals surface area contributed by atoms with Crippen molar-refractivity contribution in [2.24, 2.45) is 16.8 Å². The number of hydrogen-bond acceptors (Lipinski definition) is 4. The molecular weight excluding hydrogens is 288 g/mol. The smallest absolute Gasteiger partial charge is 0.143 e. The summed E-state index contributed by atoms with van der Waals surface area (Å²) in [5, 5.41) is 13.6. The molecule has 6 heteroatoms. The van der Waals surface area contributed by atoms with Crippen LogP contribution in [-0.4, -0.2) is 29.1 Å². The van der Waals surface area contributed by atoms with Gasteiger partial charge >= 0.3 is 0 Å². The van der Waals surface area contributed by atoms with Crippen LogP contribution >= 0.6 is 11.6 Å². The molecule has 0 aliphatic heterocycles. The molecule has 0 amide bonds. The minimum Gasteiger partial charge on any atom is -0.409 e. The lowest BCUT2D eigenvalue weighted by Gasteiger charge is -2.27. The Morgan fingerprint density at radius 1 is 1.48 bits per heavy atom. The SMILES string of the molecule is CCN(CC(C)C(N)=NO)c1ccnc2cc(Cl)ccc12. The fraction of sp³-hybridized carbons (Fsp3) is 0.333. The van der Waals surface area contributed by atoms with Gasteiger partial charge in [-0.2, -0.15) is 0 Å². The zero-order chi connectivity index (χ0) is 15.4. The number of rotatable bonds is 5. The molecule has 0 saturated heterocycles. The van der Waals surface area contributed by atoms with Crippen LogP contribution in [0.3, 0.4) is 0 Å². The second kappa shape index (κ2) is 6.63. The molecule has 1 aromatic carbocycles. The summed E-state index contributed by atoms with van der Waals surface area (Å²) in [5.41, 5.74) is 7.60. The Kier molecular flexibility index (Phi) is 4.85. The number of anilines is 1. The standard InChI is InChI=1S/C15H19ClN4O/c1-3-20(9-10(2)15(17)19-21)14-6-7-18-13-8-11(16)4-5-12(13)14/h4-8,10,21H,3,9H2,1-2H3,(H2,17,19). The summed E-state index contributed by atoms with van der Waals surface area (Å²) in [7, 11) is 0. The summed E-state index contributed by atoms with van der Waals surface area (Å²) in [5.74, 6) is 0.181. The number of pyridine rings is 1. The van der Waals surface area contributed by atoms with Crippen LogP contribution in [0.5, 0.6) is 0 Å².